The van der Waals surface area contributed by atoms with Gasteiger partial charge in [-0.15, -0.1) is 0 Å². The van der Waals surface area contributed by atoms with Crippen LogP contribution in [0.2, 0.25) is 0 Å². The van der Waals surface area contributed by atoms with Gasteiger partial charge in [-0.05, 0) is 69.4 Å². The van der Waals surface area contributed by atoms with Crippen molar-refractivity contribution in [3.8, 4) is 11.5 Å². The SMILES string of the molecule is CCOc1cc(C2CC(=O)NC3=C2C(=O)CC(c2ccc(C(C)(C)C)cc2)C3)cc(Br)c1OC. The third-order valence-electron chi connectivity index (χ3n) is 6.72. The van der Waals surface area contributed by atoms with Gasteiger partial charge < -0.3 is 14.8 Å². The topological polar surface area (TPSA) is 64.6 Å². The largest absolute Gasteiger partial charge is 0.492 e. The van der Waals surface area contributed by atoms with Crippen molar-refractivity contribution in [2.24, 2.45) is 0 Å². The molecule has 1 aliphatic carbocycles. The Morgan fingerprint density at radius 3 is 2.35 bits per heavy atom. The fraction of sp³-hybridized carbons (Fsp3) is 0.429. The zero-order valence-electron chi connectivity index (χ0n) is 20.5. The monoisotopic (exact) mass is 525 g/mol. The van der Waals surface area contributed by atoms with Gasteiger partial charge >= 0.3 is 0 Å². The molecule has 2 unspecified atom stereocenters. The first-order valence-corrected chi connectivity index (χ1v) is 12.6. The van der Waals surface area contributed by atoms with Crippen LogP contribution in [0.25, 0.3) is 0 Å². The van der Waals surface area contributed by atoms with Gasteiger partial charge in [0.15, 0.2) is 17.3 Å². The van der Waals surface area contributed by atoms with E-state index in [1.807, 2.05) is 19.1 Å². The van der Waals surface area contributed by atoms with E-state index < -0.39 is 0 Å². The Labute approximate surface area is 210 Å². The molecule has 0 bridgehead atoms. The molecule has 0 fully saturated rings. The highest BCUT2D eigenvalue weighted by Crippen LogP contribution is 2.46. The average molecular weight is 526 g/mol. The number of ketones is 1. The summed E-state index contributed by atoms with van der Waals surface area (Å²) in [6.07, 6.45) is 1.32. The Bertz CT molecular complexity index is 1140. The number of allylic oxidation sites excluding steroid dienone is 2. The number of carbonyl (C=O) groups excluding carboxylic acids is 2. The maximum Gasteiger partial charge on any atom is 0.225 e. The van der Waals surface area contributed by atoms with E-state index in [0.29, 0.717) is 30.9 Å². The van der Waals surface area contributed by atoms with Crippen LogP contribution in [0.15, 0.2) is 52.1 Å². The Balaban J connectivity index is 1.69. The second-order valence-corrected chi connectivity index (χ2v) is 10.9. The Morgan fingerprint density at radius 2 is 1.74 bits per heavy atom. The Hall–Kier alpha value is -2.60. The minimum absolute atomic E-state index is 0.0564. The lowest BCUT2D eigenvalue weighted by molar-refractivity contribution is -0.122. The summed E-state index contributed by atoms with van der Waals surface area (Å²) in [5.41, 5.74) is 4.83. The van der Waals surface area contributed by atoms with Gasteiger partial charge in [-0.1, -0.05) is 45.0 Å². The smallest absolute Gasteiger partial charge is 0.225 e. The fourth-order valence-corrected chi connectivity index (χ4v) is 5.61. The molecule has 2 aromatic carbocycles. The van der Waals surface area contributed by atoms with Crippen LogP contribution in [0.3, 0.4) is 0 Å². The second kappa shape index (κ2) is 9.57. The molecule has 0 saturated carbocycles. The van der Waals surface area contributed by atoms with Crippen LogP contribution in [0.1, 0.15) is 75.5 Å². The number of nitrogens with one attached hydrogen (secondary N) is 1. The average Bonchev–Trinajstić information content (AvgIpc) is 2.77. The summed E-state index contributed by atoms with van der Waals surface area (Å²) in [5, 5.41) is 3.01. The lowest BCUT2D eigenvalue weighted by atomic mass is 9.73. The molecule has 2 aliphatic rings. The molecule has 2 aromatic rings. The van der Waals surface area contributed by atoms with Gasteiger partial charge in [0.05, 0.1) is 18.2 Å². The first kappa shape index (κ1) is 24.5. The third kappa shape index (κ3) is 4.78. The maximum absolute atomic E-state index is 13.5. The fourth-order valence-electron chi connectivity index (χ4n) is 4.99. The van der Waals surface area contributed by atoms with Crippen molar-refractivity contribution in [2.45, 2.75) is 64.2 Å². The molecular formula is C28H32BrNO4. The predicted octanol–water partition coefficient (Wildman–Crippen LogP) is 6.16. The number of benzene rings is 2. The number of hydrogen-bond acceptors (Lipinski definition) is 4. The lowest BCUT2D eigenvalue weighted by Crippen LogP contribution is -2.38. The molecule has 1 amide bonds. The predicted molar refractivity (Wildman–Crippen MR) is 137 cm³/mol. The van der Waals surface area contributed by atoms with Crippen molar-refractivity contribution in [1.82, 2.24) is 5.32 Å². The van der Waals surface area contributed by atoms with Crippen molar-refractivity contribution < 1.29 is 19.1 Å². The van der Waals surface area contributed by atoms with Crippen molar-refractivity contribution in [3.63, 3.8) is 0 Å². The van der Waals surface area contributed by atoms with E-state index in [1.165, 1.54) is 5.56 Å². The second-order valence-electron chi connectivity index (χ2n) is 10.1. The maximum atomic E-state index is 13.5. The van der Waals surface area contributed by atoms with Crippen molar-refractivity contribution >= 4 is 27.6 Å². The number of hydrogen-bond donors (Lipinski definition) is 1. The molecule has 2 atom stereocenters. The highest BCUT2D eigenvalue weighted by Gasteiger charge is 2.38. The number of carbonyl (C=O) groups is 2. The van der Waals surface area contributed by atoms with Crippen molar-refractivity contribution in [2.75, 3.05) is 13.7 Å². The van der Waals surface area contributed by atoms with Crippen molar-refractivity contribution in [1.29, 1.82) is 0 Å². The summed E-state index contributed by atoms with van der Waals surface area (Å²) >= 11 is 3.57. The van der Waals surface area contributed by atoms with E-state index in [4.69, 9.17) is 9.47 Å². The van der Waals surface area contributed by atoms with Crippen molar-refractivity contribution in [3.05, 3.63) is 68.8 Å². The number of amides is 1. The van der Waals surface area contributed by atoms with E-state index in [-0.39, 0.29) is 35.4 Å². The Kier molecular flexibility index (Phi) is 6.90. The summed E-state index contributed by atoms with van der Waals surface area (Å²) in [4.78, 5) is 26.2. The standard InChI is InChI=1S/C28H32BrNO4/c1-6-34-24-14-18(11-21(29)27(24)33-5)20-15-25(32)30-22-12-17(13-23(31)26(20)22)16-7-9-19(10-8-16)28(2,3)4/h7-11,14,17,20H,6,12-13,15H2,1-5H3,(H,30,32). The summed E-state index contributed by atoms with van der Waals surface area (Å²) < 4.78 is 12.0. The van der Waals surface area contributed by atoms with Crippen LogP contribution in [0, 0.1) is 0 Å². The summed E-state index contributed by atoms with van der Waals surface area (Å²) in [6.45, 7) is 8.97. The first-order chi connectivity index (χ1) is 16.1. The van der Waals surface area contributed by atoms with Gasteiger partial charge in [0, 0.05) is 30.0 Å². The van der Waals surface area contributed by atoms with Gasteiger partial charge in [0.1, 0.15) is 0 Å². The van der Waals surface area contributed by atoms with Crippen LogP contribution in [-0.2, 0) is 15.0 Å². The van der Waals surface area contributed by atoms with Gasteiger partial charge in [-0.2, -0.15) is 0 Å². The first-order valence-electron chi connectivity index (χ1n) is 11.8. The van der Waals surface area contributed by atoms with Gasteiger partial charge in [0.2, 0.25) is 5.91 Å². The molecule has 180 valence electrons. The third-order valence-corrected chi connectivity index (χ3v) is 7.31. The van der Waals surface area contributed by atoms with E-state index in [1.54, 1.807) is 7.11 Å². The molecule has 1 aliphatic heterocycles. The van der Waals surface area contributed by atoms with Crippen LogP contribution < -0.4 is 14.8 Å². The number of halogens is 1. The normalized spacial score (nSPS) is 20.6. The zero-order chi connectivity index (χ0) is 24.6. The van der Waals surface area contributed by atoms with E-state index in [0.717, 1.165) is 26.9 Å². The number of ether oxygens (including phenoxy) is 2. The minimum atomic E-state index is -0.304. The minimum Gasteiger partial charge on any atom is -0.492 e. The molecule has 0 saturated heterocycles. The number of rotatable bonds is 5. The number of Topliss-reactive ketones (excluding diaryl/α,β-unsaturated/α-hetero) is 1. The van der Waals surface area contributed by atoms with Gasteiger partial charge in [-0.3, -0.25) is 9.59 Å². The molecular weight excluding hydrogens is 494 g/mol. The summed E-state index contributed by atoms with van der Waals surface area (Å²) in [5.74, 6) is 0.991. The zero-order valence-corrected chi connectivity index (χ0v) is 22.0. The Morgan fingerprint density at radius 1 is 1.03 bits per heavy atom. The molecule has 0 aromatic heterocycles. The molecule has 1 heterocycles. The van der Waals surface area contributed by atoms with Crippen LogP contribution in [0.5, 0.6) is 11.5 Å². The molecule has 6 heteroatoms. The van der Waals surface area contributed by atoms with Crippen LogP contribution in [0.4, 0.5) is 0 Å². The van der Waals surface area contributed by atoms with Gasteiger partial charge in [-0.25, -0.2) is 0 Å². The van der Waals surface area contributed by atoms with E-state index >= 15 is 0 Å². The van der Waals surface area contributed by atoms with E-state index in [9.17, 15) is 9.59 Å². The summed E-state index contributed by atoms with van der Waals surface area (Å²) in [7, 11) is 1.59. The number of methoxy groups -OCH3 is 1. The molecule has 1 N–H and O–H groups in total. The van der Waals surface area contributed by atoms with E-state index in [2.05, 4.69) is 66.3 Å². The van der Waals surface area contributed by atoms with Gasteiger partial charge in [0.25, 0.3) is 0 Å². The summed E-state index contributed by atoms with van der Waals surface area (Å²) in [6, 6.07) is 12.4. The molecule has 34 heavy (non-hydrogen) atoms. The van der Waals surface area contributed by atoms with Crippen LogP contribution >= 0.6 is 15.9 Å². The molecule has 4 rings (SSSR count). The van der Waals surface area contributed by atoms with Crippen LogP contribution in [-0.4, -0.2) is 25.4 Å². The molecule has 0 spiro atoms. The molecule has 0 radical (unpaired) electrons. The highest BCUT2D eigenvalue weighted by molar-refractivity contribution is 9.10. The lowest BCUT2D eigenvalue weighted by Gasteiger charge is -2.35. The highest BCUT2D eigenvalue weighted by atomic mass is 79.9. The quantitative estimate of drug-likeness (QED) is 0.507. The molecule has 5 nitrogen and oxygen atoms in total.